The topological polar surface area (TPSA) is 74.7 Å². The lowest BCUT2D eigenvalue weighted by molar-refractivity contribution is -0.137. The standard InChI is InChI=1S/C13H19NO4S/c1-5-19(17,18)14(11(4)13(15)16)12-8-9(2)6-7-10(12)3/h6-8,11H,5H2,1-4H3,(H,15,16). The van der Waals surface area contributed by atoms with Crippen LogP contribution in [0.25, 0.3) is 0 Å². The van der Waals surface area contributed by atoms with E-state index in [1.807, 2.05) is 13.0 Å². The van der Waals surface area contributed by atoms with Crippen LogP contribution < -0.4 is 4.31 Å². The Kier molecular flexibility index (Phi) is 4.57. The molecule has 1 atom stereocenters. The molecule has 1 N–H and O–H groups in total. The van der Waals surface area contributed by atoms with Crippen LogP contribution in [-0.4, -0.2) is 31.3 Å². The van der Waals surface area contributed by atoms with E-state index in [0.29, 0.717) is 5.69 Å². The average molecular weight is 285 g/mol. The van der Waals surface area contributed by atoms with Crippen LogP contribution in [0.15, 0.2) is 18.2 Å². The van der Waals surface area contributed by atoms with Gasteiger partial charge in [0, 0.05) is 0 Å². The van der Waals surface area contributed by atoms with Crippen molar-refractivity contribution in [3.05, 3.63) is 29.3 Å². The number of carbonyl (C=O) groups is 1. The van der Waals surface area contributed by atoms with Gasteiger partial charge < -0.3 is 5.11 Å². The molecule has 0 radical (unpaired) electrons. The lowest BCUT2D eigenvalue weighted by Gasteiger charge is -2.29. The molecule has 19 heavy (non-hydrogen) atoms. The van der Waals surface area contributed by atoms with E-state index >= 15 is 0 Å². The zero-order valence-electron chi connectivity index (χ0n) is 11.5. The fourth-order valence-electron chi connectivity index (χ4n) is 1.80. The van der Waals surface area contributed by atoms with Crippen molar-refractivity contribution in [3.63, 3.8) is 0 Å². The lowest BCUT2D eigenvalue weighted by atomic mass is 10.1. The van der Waals surface area contributed by atoms with Crippen LogP contribution in [0, 0.1) is 13.8 Å². The maximum atomic E-state index is 12.2. The maximum Gasteiger partial charge on any atom is 0.327 e. The van der Waals surface area contributed by atoms with Crippen molar-refractivity contribution in [2.45, 2.75) is 33.7 Å². The molecule has 1 unspecified atom stereocenters. The average Bonchev–Trinajstić information content (AvgIpc) is 2.33. The predicted molar refractivity (Wildman–Crippen MR) is 75.0 cm³/mol. The number of benzene rings is 1. The molecule has 0 bridgehead atoms. The number of hydrogen-bond acceptors (Lipinski definition) is 3. The molecule has 0 saturated heterocycles. The van der Waals surface area contributed by atoms with E-state index in [9.17, 15) is 13.2 Å². The summed E-state index contributed by atoms with van der Waals surface area (Å²) in [5.74, 6) is -1.31. The Morgan fingerprint density at radius 3 is 2.42 bits per heavy atom. The molecule has 6 heteroatoms. The highest BCUT2D eigenvalue weighted by Crippen LogP contribution is 2.26. The van der Waals surface area contributed by atoms with Crippen molar-refractivity contribution in [1.29, 1.82) is 0 Å². The summed E-state index contributed by atoms with van der Waals surface area (Å²) >= 11 is 0. The van der Waals surface area contributed by atoms with Gasteiger partial charge in [0.15, 0.2) is 0 Å². The number of anilines is 1. The Bertz CT molecular complexity index is 580. The molecule has 0 aliphatic rings. The number of aliphatic carboxylic acids is 1. The van der Waals surface area contributed by atoms with Gasteiger partial charge in [0.25, 0.3) is 0 Å². The van der Waals surface area contributed by atoms with Gasteiger partial charge >= 0.3 is 5.97 Å². The SMILES string of the molecule is CCS(=O)(=O)N(c1cc(C)ccc1C)C(C)C(=O)O. The highest BCUT2D eigenvalue weighted by Gasteiger charge is 2.31. The zero-order valence-corrected chi connectivity index (χ0v) is 12.4. The van der Waals surface area contributed by atoms with E-state index in [1.165, 1.54) is 13.8 Å². The summed E-state index contributed by atoms with van der Waals surface area (Å²) in [6, 6.07) is 4.21. The van der Waals surface area contributed by atoms with Crippen LogP contribution in [0.2, 0.25) is 0 Å². The number of carboxylic acids is 1. The van der Waals surface area contributed by atoms with E-state index in [0.717, 1.165) is 15.4 Å². The van der Waals surface area contributed by atoms with Crippen molar-refractivity contribution in [3.8, 4) is 0 Å². The summed E-state index contributed by atoms with van der Waals surface area (Å²) in [4.78, 5) is 11.2. The van der Waals surface area contributed by atoms with Crippen molar-refractivity contribution < 1.29 is 18.3 Å². The molecule has 0 saturated carbocycles. The second-order valence-electron chi connectivity index (χ2n) is 4.50. The number of nitrogens with zero attached hydrogens (tertiary/aromatic N) is 1. The summed E-state index contributed by atoms with van der Waals surface area (Å²) in [7, 11) is -3.64. The number of rotatable bonds is 5. The van der Waals surface area contributed by atoms with Gasteiger partial charge in [0.05, 0.1) is 11.4 Å². The van der Waals surface area contributed by atoms with Crippen LogP contribution in [0.1, 0.15) is 25.0 Å². The lowest BCUT2D eigenvalue weighted by Crippen LogP contribution is -2.44. The third-order valence-corrected chi connectivity index (χ3v) is 4.82. The summed E-state index contributed by atoms with van der Waals surface area (Å²) in [5, 5.41) is 9.13. The molecule has 0 amide bonds. The van der Waals surface area contributed by atoms with Crippen molar-refractivity contribution >= 4 is 21.7 Å². The largest absolute Gasteiger partial charge is 0.480 e. The molecule has 1 aromatic carbocycles. The molecule has 106 valence electrons. The quantitative estimate of drug-likeness (QED) is 0.897. The molecule has 0 fully saturated rings. The Morgan fingerprint density at radius 1 is 1.37 bits per heavy atom. The van der Waals surface area contributed by atoms with Crippen molar-refractivity contribution in [2.75, 3.05) is 10.1 Å². The van der Waals surface area contributed by atoms with Gasteiger partial charge in [-0.15, -0.1) is 0 Å². The van der Waals surface area contributed by atoms with Crippen LogP contribution in [-0.2, 0) is 14.8 Å². The first kappa shape index (κ1) is 15.5. The minimum Gasteiger partial charge on any atom is -0.480 e. The smallest absolute Gasteiger partial charge is 0.327 e. The Morgan fingerprint density at radius 2 is 1.95 bits per heavy atom. The summed E-state index contributed by atoms with van der Waals surface area (Å²) in [6.45, 7) is 6.48. The van der Waals surface area contributed by atoms with Gasteiger partial charge in [-0.05, 0) is 44.9 Å². The minimum atomic E-state index is -3.64. The first-order valence-electron chi connectivity index (χ1n) is 6.03. The molecule has 0 heterocycles. The van der Waals surface area contributed by atoms with Gasteiger partial charge in [-0.2, -0.15) is 0 Å². The highest BCUT2D eigenvalue weighted by molar-refractivity contribution is 7.92. The number of hydrogen-bond donors (Lipinski definition) is 1. The number of carboxylic acid groups (broad SMARTS) is 1. The normalized spacial score (nSPS) is 13.1. The number of sulfonamides is 1. The zero-order chi connectivity index (χ0) is 14.8. The van der Waals surface area contributed by atoms with Crippen LogP contribution in [0.5, 0.6) is 0 Å². The Balaban J connectivity index is 3.48. The van der Waals surface area contributed by atoms with Gasteiger partial charge in [-0.25, -0.2) is 13.2 Å². The van der Waals surface area contributed by atoms with Crippen molar-refractivity contribution in [1.82, 2.24) is 0 Å². The Labute approximate surface area is 113 Å². The van der Waals surface area contributed by atoms with E-state index in [1.54, 1.807) is 19.1 Å². The van der Waals surface area contributed by atoms with Crippen LogP contribution in [0.3, 0.4) is 0 Å². The molecule has 0 aromatic heterocycles. The molecule has 5 nitrogen and oxygen atoms in total. The highest BCUT2D eigenvalue weighted by atomic mass is 32.2. The van der Waals surface area contributed by atoms with E-state index < -0.39 is 22.0 Å². The van der Waals surface area contributed by atoms with Crippen molar-refractivity contribution in [2.24, 2.45) is 0 Å². The number of aryl methyl sites for hydroxylation is 2. The third kappa shape index (κ3) is 3.26. The molecular formula is C13H19NO4S. The Hall–Kier alpha value is -1.56. The maximum absolute atomic E-state index is 12.2. The second-order valence-corrected chi connectivity index (χ2v) is 6.64. The van der Waals surface area contributed by atoms with Gasteiger partial charge in [0.1, 0.15) is 6.04 Å². The predicted octanol–water partition coefficient (Wildman–Crippen LogP) is 1.93. The minimum absolute atomic E-state index is 0.141. The molecule has 0 aliphatic carbocycles. The molecular weight excluding hydrogens is 266 g/mol. The van der Waals surface area contributed by atoms with E-state index in [4.69, 9.17) is 5.11 Å². The van der Waals surface area contributed by atoms with E-state index in [2.05, 4.69) is 0 Å². The third-order valence-electron chi connectivity index (χ3n) is 2.98. The molecule has 0 spiro atoms. The van der Waals surface area contributed by atoms with E-state index in [-0.39, 0.29) is 5.75 Å². The van der Waals surface area contributed by atoms with Gasteiger partial charge in [0.2, 0.25) is 10.0 Å². The summed E-state index contributed by atoms with van der Waals surface area (Å²) in [5.41, 5.74) is 2.04. The fraction of sp³-hybridized carbons (Fsp3) is 0.462. The fourth-order valence-corrected chi connectivity index (χ4v) is 3.14. The first-order chi connectivity index (χ1) is 8.70. The van der Waals surface area contributed by atoms with Crippen LogP contribution in [0.4, 0.5) is 5.69 Å². The molecule has 0 aliphatic heterocycles. The van der Waals surface area contributed by atoms with Gasteiger partial charge in [-0.1, -0.05) is 12.1 Å². The molecule has 1 aromatic rings. The van der Waals surface area contributed by atoms with Gasteiger partial charge in [-0.3, -0.25) is 4.31 Å². The second kappa shape index (κ2) is 5.61. The van der Waals surface area contributed by atoms with Crippen LogP contribution >= 0.6 is 0 Å². The monoisotopic (exact) mass is 285 g/mol. The first-order valence-corrected chi connectivity index (χ1v) is 7.63. The molecule has 1 rings (SSSR count). The summed E-state index contributed by atoms with van der Waals surface area (Å²) in [6.07, 6.45) is 0. The summed E-state index contributed by atoms with van der Waals surface area (Å²) < 4.78 is 25.3.